The normalized spacial score (nSPS) is 17.7. The molecule has 0 radical (unpaired) electrons. The molecule has 30 heavy (non-hydrogen) atoms. The first-order valence-corrected chi connectivity index (χ1v) is 8.95. The van der Waals surface area contributed by atoms with E-state index in [1.54, 1.807) is 12.1 Å². The minimum Gasteiger partial charge on any atom is -0.372 e. The fraction of sp³-hybridized carbons (Fsp3) is 0.0909. The van der Waals surface area contributed by atoms with Crippen LogP contribution in [0.2, 0.25) is 0 Å². The number of nitrogens with zero attached hydrogens (tertiary/aromatic N) is 1. The molecule has 0 unspecified atom stereocenters. The second-order valence-corrected chi connectivity index (χ2v) is 6.80. The number of halogens is 3. The van der Waals surface area contributed by atoms with Gasteiger partial charge in [0.25, 0.3) is 5.91 Å². The van der Waals surface area contributed by atoms with Crippen LogP contribution in [0.25, 0.3) is 0 Å². The van der Waals surface area contributed by atoms with Crippen LogP contribution in [0.15, 0.2) is 66.7 Å². The van der Waals surface area contributed by atoms with Crippen LogP contribution in [-0.4, -0.2) is 23.5 Å². The molecule has 0 spiro atoms. The Bertz CT molecular complexity index is 1170. The summed E-state index contributed by atoms with van der Waals surface area (Å²) in [4.78, 5) is 26.6. The van der Waals surface area contributed by atoms with Gasteiger partial charge in [0.15, 0.2) is 5.60 Å². The number of nitrogens with one attached hydrogen (secondary N) is 1. The predicted molar refractivity (Wildman–Crippen MR) is 103 cm³/mol. The highest BCUT2D eigenvalue weighted by molar-refractivity contribution is 6.12. The molecule has 3 aromatic rings. The van der Waals surface area contributed by atoms with Gasteiger partial charge in [0.2, 0.25) is 5.91 Å². The van der Waals surface area contributed by atoms with Crippen LogP contribution >= 0.6 is 0 Å². The molecule has 1 aliphatic rings. The average Bonchev–Trinajstić information content (AvgIpc) is 2.93. The van der Waals surface area contributed by atoms with E-state index in [2.05, 4.69) is 5.32 Å². The van der Waals surface area contributed by atoms with Crippen LogP contribution in [0.5, 0.6) is 0 Å². The van der Waals surface area contributed by atoms with Crippen molar-refractivity contribution in [1.29, 1.82) is 0 Å². The molecule has 0 aromatic heterocycles. The zero-order valence-corrected chi connectivity index (χ0v) is 15.4. The lowest BCUT2D eigenvalue weighted by molar-refractivity contribution is -0.133. The Kier molecular flexibility index (Phi) is 4.79. The molecule has 0 aliphatic carbocycles. The number of benzene rings is 3. The molecule has 152 valence electrons. The summed E-state index contributed by atoms with van der Waals surface area (Å²) in [5.74, 6) is -3.99. The molecule has 5 nitrogen and oxygen atoms in total. The van der Waals surface area contributed by atoms with Crippen molar-refractivity contribution in [2.24, 2.45) is 0 Å². The first-order valence-electron chi connectivity index (χ1n) is 8.95. The summed E-state index contributed by atoms with van der Waals surface area (Å²) in [7, 11) is 0. The molecule has 8 heteroatoms. The molecule has 2 N–H and O–H groups in total. The summed E-state index contributed by atoms with van der Waals surface area (Å²) < 4.78 is 40.6. The molecular formula is C22H15F3N2O3. The maximum Gasteiger partial charge on any atom is 0.268 e. The number of amides is 2. The Hall–Kier alpha value is -3.65. The molecule has 1 heterocycles. The first kappa shape index (κ1) is 19.7. The zero-order valence-electron chi connectivity index (χ0n) is 15.4. The lowest BCUT2D eigenvalue weighted by atomic mass is 9.87. The smallest absolute Gasteiger partial charge is 0.268 e. The van der Waals surface area contributed by atoms with Crippen LogP contribution in [0.4, 0.5) is 24.5 Å². The van der Waals surface area contributed by atoms with Crippen LogP contribution in [0.3, 0.4) is 0 Å². The van der Waals surface area contributed by atoms with Gasteiger partial charge < -0.3 is 10.4 Å². The highest BCUT2D eigenvalue weighted by Crippen LogP contribution is 2.44. The number of fused-ring (bicyclic) bond motifs is 1. The van der Waals surface area contributed by atoms with Gasteiger partial charge in [-0.05, 0) is 30.3 Å². The largest absolute Gasteiger partial charge is 0.372 e. The number of hydrogen-bond donors (Lipinski definition) is 2. The third-order valence-corrected chi connectivity index (χ3v) is 4.89. The van der Waals surface area contributed by atoms with Gasteiger partial charge in [-0.2, -0.15) is 0 Å². The molecular weight excluding hydrogens is 397 g/mol. The lowest BCUT2D eigenvalue weighted by Crippen LogP contribution is -2.44. The van der Waals surface area contributed by atoms with Crippen molar-refractivity contribution in [2.75, 3.05) is 16.8 Å². The van der Waals surface area contributed by atoms with E-state index in [4.69, 9.17) is 0 Å². The molecule has 0 fully saturated rings. The lowest BCUT2D eigenvalue weighted by Gasteiger charge is -2.23. The molecule has 4 rings (SSSR count). The summed E-state index contributed by atoms with van der Waals surface area (Å²) in [5.41, 5.74) is -1.94. The van der Waals surface area contributed by atoms with E-state index in [1.807, 2.05) is 0 Å². The highest BCUT2D eigenvalue weighted by Gasteiger charge is 2.51. The number of rotatable bonds is 4. The molecule has 2 amide bonds. The van der Waals surface area contributed by atoms with E-state index >= 15 is 0 Å². The molecule has 0 saturated carbocycles. The van der Waals surface area contributed by atoms with Crippen molar-refractivity contribution in [2.45, 2.75) is 5.60 Å². The minimum atomic E-state index is -2.18. The van der Waals surface area contributed by atoms with E-state index in [9.17, 15) is 27.9 Å². The van der Waals surface area contributed by atoms with E-state index in [0.717, 1.165) is 23.1 Å². The standard InChI is InChI=1S/C22H15F3N2O3/c23-14-5-3-4-13(10-14)22(30)16-6-1-2-7-19(16)27(21(22)29)12-20(28)26-18-9-8-15(24)11-17(18)25/h1-11,30H,12H2,(H,26,28)/t22-/m1/s1. The van der Waals surface area contributed by atoms with E-state index < -0.39 is 41.4 Å². The maximum atomic E-state index is 13.8. The molecule has 1 aliphatic heterocycles. The van der Waals surface area contributed by atoms with Crippen LogP contribution in [0.1, 0.15) is 11.1 Å². The summed E-state index contributed by atoms with van der Waals surface area (Å²) in [6, 6.07) is 13.9. The number of hydrogen-bond acceptors (Lipinski definition) is 3. The molecule has 0 bridgehead atoms. The van der Waals surface area contributed by atoms with Gasteiger partial charge in [0.05, 0.1) is 11.4 Å². The Balaban J connectivity index is 1.66. The molecule has 3 aromatic carbocycles. The van der Waals surface area contributed by atoms with Gasteiger partial charge in [-0.15, -0.1) is 0 Å². The fourth-order valence-electron chi connectivity index (χ4n) is 3.51. The molecule has 0 saturated heterocycles. The number of aliphatic hydroxyl groups is 1. The van der Waals surface area contributed by atoms with Gasteiger partial charge in [-0.3, -0.25) is 14.5 Å². The average molecular weight is 412 g/mol. The van der Waals surface area contributed by atoms with Crippen molar-refractivity contribution in [1.82, 2.24) is 0 Å². The van der Waals surface area contributed by atoms with Crippen LogP contribution < -0.4 is 10.2 Å². The predicted octanol–water partition coefficient (Wildman–Crippen LogP) is 3.33. The second kappa shape index (κ2) is 7.31. The van der Waals surface area contributed by atoms with Crippen molar-refractivity contribution in [3.05, 3.63) is 95.3 Å². The number of carbonyl (C=O) groups is 2. The van der Waals surface area contributed by atoms with Gasteiger partial charge in [0.1, 0.15) is 24.0 Å². The number of anilines is 2. The van der Waals surface area contributed by atoms with Crippen molar-refractivity contribution < 1.29 is 27.9 Å². The second-order valence-electron chi connectivity index (χ2n) is 6.80. The first-order chi connectivity index (χ1) is 14.3. The highest BCUT2D eigenvalue weighted by atomic mass is 19.1. The monoisotopic (exact) mass is 412 g/mol. The summed E-state index contributed by atoms with van der Waals surface area (Å²) in [6.07, 6.45) is 0. The quantitative estimate of drug-likeness (QED) is 0.691. The maximum absolute atomic E-state index is 13.8. The van der Waals surface area contributed by atoms with Gasteiger partial charge >= 0.3 is 0 Å². The number of para-hydroxylation sites is 1. The summed E-state index contributed by atoms with van der Waals surface area (Å²) in [5, 5.41) is 13.5. The van der Waals surface area contributed by atoms with Gasteiger partial charge in [-0.25, -0.2) is 13.2 Å². The van der Waals surface area contributed by atoms with Gasteiger partial charge in [-0.1, -0.05) is 30.3 Å². The Morgan fingerprint density at radius 3 is 2.43 bits per heavy atom. The third-order valence-electron chi connectivity index (χ3n) is 4.89. The van der Waals surface area contributed by atoms with Gasteiger partial charge in [0, 0.05) is 17.2 Å². The minimum absolute atomic E-state index is 0.0208. The fourth-order valence-corrected chi connectivity index (χ4v) is 3.51. The Morgan fingerprint density at radius 2 is 1.70 bits per heavy atom. The number of carbonyl (C=O) groups excluding carboxylic acids is 2. The van der Waals surface area contributed by atoms with Crippen LogP contribution in [-0.2, 0) is 15.2 Å². The summed E-state index contributed by atoms with van der Waals surface area (Å²) >= 11 is 0. The van der Waals surface area contributed by atoms with Crippen molar-refractivity contribution in [3.63, 3.8) is 0 Å². The van der Waals surface area contributed by atoms with Crippen molar-refractivity contribution >= 4 is 23.2 Å². The zero-order chi connectivity index (χ0) is 21.5. The topological polar surface area (TPSA) is 69.6 Å². The Labute approximate surface area is 169 Å². The molecule has 1 atom stereocenters. The third kappa shape index (κ3) is 3.21. The van der Waals surface area contributed by atoms with Crippen LogP contribution in [0, 0.1) is 17.5 Å². The van der Waals surface area contributed by atoms with E-state index in [0.29, 0.717) is 6.07 Å². The Morgan fingerprint density at radius 1 is 0.967 bits per heavy atom. The summed E-state index contributed by atoms with van der Waals surface area (Å²) in [6.45, 7) is -0.537. The van der Waals surface area contributed by atoms with E-state index in [1.165, 1.54) is 30.3 Å². The van der Waals surface area contributed by atoms with E-state index in [-0.39, 0.29) is 22.5 Å². The van der Waals surface area contributed by atoms with Crippen molar-refractivity contribution in [3.8, 4) is 0 Å². The SMILES string of the molecule is O=C(CN1C(=O)[C@@](O)(c2cccc(F)c2)c2ccccc21)Nc1ccc(F)cc1F.